The Kier molecular flexibility index (Phi) is 5.84. The highest BCUT2D eigenvalue weighted by Gasteiger charge is 2.14. The van der Waals surface area contributed by atoms with E-state index in [4.69, 9.17) is 4.74 Å². The monoisotopic (exact) mass is 415 g/mol. The third-order valence-corrected chi connectivity index (χ3v) is 4.97. The van der Waals surface area contributed by atoms with Crippen molar-refractivity contribution < 1.29 is 9.53 Å². The van der Waals surface area contributed by atoms with Gasteiger partial charge in [0.05, 0.1) is 11.3 Å². The quantitative estimate of drug-likeness (QED) is 0.499. The summed E-state index contributed by atoms with van der Waals surface area (Å²) in [5, 5.41) is 2.97. The summed E-state index contributed by atoms with van der Waals surface area (Å²) >= 11 is 0. The summed E-state index contributed by atoms with van der Waals surface area (Å²) in [5.41, 5.74) is 4.23. The summed E-state index contributed by atoms with van der Waals surface area (Å²) in [7, 11) is 3.86. The lowest BCUT2D eigenvalue weighted by Gasteiger charge is -2.16. The number of rotatable bonds is 7. The third kappa shape index (κ3) is 4.50. The SMILES string of the molecule is Cc1cccn2cc(COc3ccccc3C(=O)NCc3cccnc3N(C)C)nc12. The van der Waals surface area contributed by atoms with Crippen LogP contribution in [0.2, 0.25) is 0 Å². The lowest BCUT2D eigenvalue weighted by molar-refractivity contribution is 0.0946. The molecule has 0 aliphatic rings. The highest BCUT2D eigenvalue weighted by molar-refractivity contribution is 5.96. The van der Waals surface area contributed by atoms with E-state index in [9.17, 15) is 4.79 Å². The van der Waals surface area contributed by atoms with Crippen LogP contribution in [0, 0.1) is 6.92 Å². The van der Waals surface area contributed by atoms with Crippen molar-refractivity contribution >= 4 is 17.4 Å². The van der Waals surface area contributed by atoms with Crippen molar-refractivity contribution in [3.05, 3.63) is 89.5 Å². The number of amides is 1. The van der Waals surface area contributed by atoms with Crippen molar-refractivity contribution in [2.75, 3.05) is 19.0 Å². The van der Waals surface area contributed by atoms with Crippen LogP contribution in [0.4, 0.5) is 5.82 Å². The van der Waals surface area contributed by atoms with Crippen molar-refractivity contribution in [3.8, 4) is 5.75 Å². The Hall–Kier alpha value is -3.87. The van der Waals surface area contributed by atoms with Gasteiger partial charge in [-0.05, 0) is 36.8 Å². The number of carbonyl (C=O) groups is 1. The summed E-state index contributed by atoms with van der Waals surface area (Å²) in [6.07, 6.45) is 5.64. The lowest BCUT2D eigenvalue weighted by atomic mass is 10.1. The Labute approximate surface area is 181 Å². The van der Waals surface area contributed by atoms with Gasteiger partial charge in [0.2, 0.25) is 0 Å². The third-order valence-electron chi connectivity index (χ3n) is 4.97. The molecule has 158 valence electrons. The van der Waals surface area contributed by atoms with E-state index in [1.807, 2.05) is 79.1 Å². The number of carbonyl (C=O) groups excluding carboxylic acids is 1. The second kappa shape index (κ2) is 8.87. The maximum Gasteiger partial charge on any atom is 0.255 e. The molecule has 0 radical (unpaired) electrons. The molecule has 0 atom stereocenters. The smallest absolute Gasteiger partial charge is 0.255 e. The first-order valence-corrected chi connectivity index (χ1v) is 10.1. The van der Waals surface area contributed by atoms with Gasteiger partial charge in [-0.2, -0.15) is 0 Å². The number of para-hydroxylation sites is 1. The molecule has 4 aromatic rings. The van der Waals surface area contributed by atoms with E-state index in [-0.39, 0.29) is 12.5 Å². The Morgan fingerprint density at radius 1 is 1.13 bits per heavy atom. The van der Waals surface area contributed by atoms with Crippen molar-refractivity contribution in [1.82, 2.24) is 19.7 Å². The molecular weight excluding hydrogens is 390 g/mol. The van der Waals surface area contributed by atoms with Crippen molar-refractivity contribution in [1.29, 1.82) is 0 Å². The number of anilines is 1. The first-order valence-electron chi connectivity index (χ1n) is 10.1. The van der Waals surface area contributed by atoms with Crippen molar-refractivity contribution in [2.24, 2.45) is 0 Å². The predicted molar refractivity (Wildman–Crippen MR) is 120 cm³/mol. The summed E-state index contributed by atoms with van der Waals surface area (Å²) < 4.78 is 7.95. The minimum Gasteiger partial charge on any atom is -0.486 e. The van der Waals surface area contributed by atoms with Crippen LogP contribution in [0.1, 0.15) is 27.2 Å². The zero-order valence-corrected chi connectivity index (χ0v) is 17.9. The molecule has 0 spiro atoms. The molecule has 3 heterocycles. The number of hydrogen-bond donors (Lipinski definition) is 1. The number of benzene rings is 1. The molecule has 7 heteroatoms. The fraction of sp³-hybridized carbons (Fsp3) is 0.208. The van der Waals surface area contributed by atoms with Gasteiger partial charge in [0, 0.05) is 44.8 Å². The first kappa shape index (κ1) is 20.4. The van der Waals surface area contributed by atoms with Crippen molar-refractivity contribution in [2.45, 2.75) is 20.1 Å². The summed E-state index contributed by atoms with van der Waals surface area (Å²) in [5.74, 6) is 1.15. The number of imidazole rings is 1. The largest absolute Gasteiger partial charge is 0.486 e. The fourth-order valence-electron chi connectivity index (χ4n) is 3.45. The van der Waals surface area contributed by atoms with E-state index >= 15 is 0 Å². The normalized spacial score (nSPS) is 10.8. The zero-order valence-electron chi connectivity index (χ0n) is 17.9. The maximum atomic E-state index is 12.9. The first-order chi connectivity index (χ1) is 15.0. The molecule has 0 aliphatic heterocycles. The molecule has 0 fully saturated rings. The average Bonchev–Trinajstić information content (AvgIpc) is 3.21. The van der Waals surface area contributed by atoms with Gasteiger partial charge in [0.1, 0.15) is 23.8 Å². The molecule has 0 aliphatic carbocycles. The molecule has 1 amide bonds. The topological polar surface area (TPSA) is 71.8 Å². The van der Waals surface area contributed by atoms with Gasteiger partial charge in [-0.25, -0.2) is 9.97 Å². The van der Waals surface area contributed by atoms with Crippen LogP contribution in [0.3, 0.4) is 0 Å². The van der Waals surface area contributed by atoms with E-state index in [0.717, 1.165) is 28.3 Å². The summed E-state index contributed by atoms with van der Waals surface area (Å²) in [6, 6.07) is 15.1. The van der Waals surface area contributed by atoms with Crippen LogP contribution in [-0.2, 0) is 13.2 Å². The van der Waals surface area contributed by atoms with Gasteiger partial charge in [0.25, 0.3) is 5.91 Å². The molecule has 4 rings (SSSR count). The molecule has 1 N–H and O–H groups in total. The minimum atomic E-state index is -0.199. The Morgan fingerprint density at radius 2 is 1.97 bits per heavy atom. The number of hydrogen-bond acceptors (Lipinski definition) is 5. The number of aryl methyl sites for hydroxylation is 1. The number of aromatic nitrogens is 3. The van der Waals surface area contributed by atoms with Crippen molar-refractivity contribution in [3.63, 3.8) is 0 Å². The summed E-state index contributed by atoms with van der Waals surface area (Å²) in [4.78, 5) is 23.8. The molecule has 31 heavy (non-hydrogen) atoms. The summed E-state index contributed by atoms with van der Waals surface area (Å²) in [6.45, 7) is 2.68. The van der Waals surface area contributed by atoms with Crippen LogP contribution < -0.4 is 15.0 Å². The molecular formula is C24H25N5O2. The van der Waals surface area contributed by atoms with Gasteiger partial charge in [0.15, 0.2) is 0 Å². The Balaban J connectivity index is 1.46. The van der Waals surface area contributed by atoms with Crippen LogP contribution in [0.5, 0.6) is 5.75 Å². The van der Waals surface area contributed by atoms with Crippen LogP contribution in [0.15, 0.2) is 67.1 Å². The number of fused-ring (bicyclic) bond motifs is 1. The number of nitrogens with one attached hydrogen (secondary N) is 1. The van der Waals surface area contributed by atoms with Crippen LogP contribution in [-0.4, -0.2) is 34.4 Å². The Morgan fingerprint density at radius 3 is 2.77 bits per heavy atom. The second-order valence-electron chi connectivity index (χ2n) is 7.50. The van der Waals surface area contributed by atoms with Gasteiger partial charge in [-0.3, -0.25) is 4.79 Å². The molecule has 0 saturated heterocycles. The number of pyridine rings is 2. The average molecular weight is 415 g/mol. The maximum absolute atomic E-state index is 12.9. The standard InChI is InChI=1S/C24H25N5O2/c1-17-8-7-13-29-15-19(27-22(17)29)16-31-21-11-5-4-10-20(21)24(30)26-14-18-9-6-12-25-23(18)28(2)3/h4-13,15H,14,16H2,1-3H3,(H,26,30). The van der Waals surface area contributed by atoms with E-state index in [1.165, 1.54) is 0 Å². The van der Waals surface area contributed by atoms with E-state index in [1.54, 1.807) is 18.3 Å². The van der Waals surface area contributed by atoms with Gasteiger partial charge in [-0.15, -0.1) is 0 Å². The predicted octanol–water partition coefficient (Wildman–Crippen LogP) is 3.61. The number of nitrogens with zero attached hydrogens (tertiary/aromatic N) is 4. The van der Waals surface area contributed by atoms with Gasteiger partial charge in [-0.1, -0.05) is 24.3 Å². The minimum absolute atomic E-state index is 0.199. The highest BCUT2D eigenvalue weighted by atomic mass is 16.5. The second-order valence-corrected chi connectivity index (χ2v) is 7.50. The molecule has 1 aromatic carbocycles. The van der Waals surface area contributed by atoms with E-state index in [0.29, 0.717) is 17.9 Å². The zero-order chi connectivity index (χ0) is 21.8. The van der Waals surface area contributed by atoms with Crippen LogP contribution >= 0.6 is 0 Å². The van der Waals surface area contributed by atoms with E-state index in [2.05, 4.69) is 15.3 Å². The fourth-order valence-corrected chi connectivity index (χ4v) is 3.45. The van der Waals surface area contributed by atoms with Gasteiger partial charge >= 0.3 is 0 Å². The lowest BCUT2D eigenvalue weighted by Crippen LogP contribution is -2.25. The van der Waals surface area contributed by atoms with E-state index < -0.39 is 0 Å². The highest BCUT2D eigenvalue weighted by Crippen LogP contribution is 2.21. The number of ether oxygens (including phenoxy) is 1. The van der Waals surface area contributed by atoms with Gasteiger partial charge < -0.3 is 19.4 Å². The Bertz CT molecular complexity index is 1220. The molecule has 3 aromatic heterocycles. The molecule has 0 saturated carbocycles. The van der Waals surface area contributed by atoms with Crippen LogP contribution in [0.25, 0.3) is 5.65 Å². The molecule has 0 unspecified atom stereocenters. The molecule has 7 nitrogen and oxygen atoms in total. The molecule has 0 bridgehead atoms.